The molecule has 1 N–H and O–H groups in total. The first kappa shape index (κ1) is 14.1. The SMILES string of the molecule is CCOc1oc(CCc2ccc(C)cc2)nc1C(=O)O. The topological polar surface area (TPSA) is 72.6 Å². The van der Waals surface area contributed by atoms with Gasteiger partial charge in [0.1, 0.15) is 0 Å². The van der Waals surface area contributed by atoms with Crippen molar-refractivity contribution in [1.82, 2.24) is 4.98 Å². The average molecular weight is 275 g/mol. The number of carboxylic acids is 1. The van der Waals surface area contributed by atoms with Gasteiger partial charge in [0.25, 0.3) is 0 Å². The van der Waals surface area contributed by atoms with E-state index in [4.69, 9.17) is 14.3 Å². The third kappa shape index (κ3) is 3.38. The van der Waals surface area contributed by atoms with E-state index in [0.717, 1.165) is 12.0 Å². The van der Waals surface area contributed by atoms with Crippen LogP contribution < -0.4 is 4.74 Å². The molecule has 1 aromatic carbocycles. The molecule has 2 rings (SSSR count). The standard InChI is InChI=1S/C15H17NO4/c1-3-19-15-13(14(17)18)16-12(20-15)9-8-11-6-4-10(2)5-7-11/h4-7H,3,8-9H2,1-2H3,(H,17,18). The van der Waals surface area contributed by atoms with E-state index in [-0.39, 0.29) is 11.6 Å². The molecule has 1 heterocycles. The zero-order valence-electron chi connectivity index (χ0n) is 11.5. The first-order valence-electron chi connectivity index (χ1n) is 6.51. The molecule has 5 heteroatoms. The Morgan fingerprint density at radius 3 is 2.60 bits per heavy atom. The summed E-state index contributed by atoms with van der Waals surface area (Å²) >= 11 is 0. The summed E-state index contributed by atoms with van der Waals surface area (Å²) < 4.78 is 10.5. The smallest absolute Gasteiger partial charge is 0.362 e. The zero-order chi connectivity index (χ0) is 14.5. The van der Waals surface area contributed by atoms with Crippen molar-refractivity contribution in [2.75, 3.05) is 6.61 Å². The van der Waals surface area contributed by atoms with Gasteiger partial charge in [0.05, 0.1) is 6.61 Å². The molecule has 0 bridgehead atoms. The molecule has 0 saturated carbocycles. The Morgan fingerprint density at radius 2 is 2.00 bits per heavy atom. The molecular weight excluding hydrogens is 258 g/mol. The van der Waals surface area contributed by atoms with Crippen LogP contribution in [-0.2, 0) is 12.8 Å². The van der Waals surface area contributed by atoms with Crippen LogP contribution in [0.25, 0.3) is 0 Å². The molecule has 0 spiro atoms. The van der Waals surface area contributed by atoms with Gasteiger partial charge in [0.15, 0.2) is 5.89 Å². The molecule has 1 aromatic heterocycles. The minimum Gasteiger partial charge on any atom is -0.476 e. The quantitative estimate of drug-likeness (QED) is 0.877. The Balaban J connectivity index is 2.07. The monoisotopic (exact) mass is 275 g/mol. The van der Waals surface area contributed by atoms with Gasteiger partial charge < -0.3 is 14.3 Å². The second kappa shape index (κ2) is 6.23. The van der Waals surface area contributed by atoms with Gasteiger partial charge >= 0.3 is 11.9 Å². The van der Waals surface area contributed by atoms with Crippen molar-refractivity contribution in [2.24, 2.45) is 0 Å². The molecule has 0 amide bonds. The number of oxazole rings is 1. The maximum Gasteiger partial charge on any atom is 0.362 e. The van der Waals surface area contributed by atoms with Crippen LogP contribution in [0.2, 0.25) is 0 Å². The Hall–Kier alpha value is -2.30. The number of aromatic nitrogens is 1. The van der Waals surface area contributed by atoms with Crippen LogP contribution in [0, 0.1) is 6.92 Å². The number of hydrogen-bond donors (Lipinski definition) is 1. The first-order chi connectivity index (χ1) is 9.60. The predicted octanol–water partition coefficient (Wildman–Crippen LogP) is 2.87. The maximum absolute atomic E-state index is 11.0. The van der Waals surface area contributed by atoms with E-state index in [1.54, 1.807) is 6.92 Å². The molecule has 0 aliphatic rings. The lowest BCUT2D eigenvalue weighted by Gasteiger charge is -1.99. The Labute approximate surface area is 117 Å². The molecule has 0 saturated heterocycles. The number of rotatable bonds is 6. The number of carbonyl (C=O) groups is 1. The van der Waals surface area contributed by atoms with Crippen molar-refractivity contribution < 1.29 is 19.1 Å². The van der Waals surface area contributed by atoms with Crippen molar-refractivity contribution in [3.8, 4) is 5.95 Å². The fourth-order valence-corrected chi connectivity index (χ4v) is 1.83. The number of aromatic carboxylic acids is 1. The molecule has 0 unspecified atom stereocenters. The Bertz CT molecular complexity index is 586. The summed E-state index contributed by atoms with van der Waals surface area (Å²) in [4.78, 5) is 15.0. The lowest BCUT2D eigenvalue weighted by molar-refractivity contribution is 0.0683. The minimum absolute atomic E-state index is 0.0149. The zero-order valence-corrected chi connectivity index (χ0v) is 11.5. The van der Waals surface area contributed by atoms with Crippen LogP contribution in [0.15, 0.2) is 28.7 Å². The molecule has 106 valence electrons. The van der Waals surface area contributed by atoms with Crippen LogP contribution >= 0.6 is 0 Å². The van der Waals surface area contributed by atoms with Crippen LogP contribution in [0.3, 0.4) is 0 Å². The third-order valence-corrected chi connectivity index (χ3v) is 2.87. The molecule has 5 nitrogen and oxygen atoms in total. The molecule has 0 aliphatic heterocycles. The number of nitrogens with zero attached hydrogens (tertiary/aromatic N) is 1. The van der Waals surface area contributed by atoms with Gasteiger partial charge in [-0.05, 0) is 25.8 Å². The molecule has 0 fully saturated rings. The lowest BCUT2D eigenvalue weighted by atomic mass is 10.1. The van der Waals surface area contributed by atoms with Crippen molar-refractivity contribution in [3.63, 3.8) is 0 Å². The van der Waals surface area contributed by atoms with E-state index in [1.165, 1.54) is 5.56 Å². The summed E-state index contributed by atoms with van der Waals surface area (Å²) in [6.45, 7) is 4.14. The summed E-state index contributed by atoms with van der Waals surface area (Å²) in [7, 11) is 0. The molecule has 0 atom stereocenters. The molecule has 0 aliphatic carbocycles. The molecule has 2 aromatic rings. The minimum atomic E-state index is -1.14. The van der Waals surface area contributed by atoms with Crippen molar-refractivity contribution in [1.29, 1.82) is 0 Å². The molecular formula is C15H17NO4. The van der Waals surface area contributed by atoms with Crippen molar-refractivity contribution in [3.05, 3.63) is 47.0 Å². The number of hydrogen-bond acceptors (Lipinski definition) is 4. The number of benzene rings is 1. The van der Waals surface area contributed by atoms with Crippen molar-refractivity contribution >= 4 is 5.97 Å². The second-order valence-electron chi connectivity index (χ2n) is 4.47. The van der Waals surface area contributed by atoms with Gasteiger partial charge in [0.2, 0.25) is 5.69 Å². The molecule has 0 radical (unpaired) electrons. The van der Waals surface area contributed by atoms with Crippen molar-refractivity contribution in [2.45, 2.75) is 26.7 Å². The van der Waals surface area contributed by atoms with E-state index >= 15 is 0 Å². The van der Waals surface area contributed by atoms with Crippen LogP contribution in [0.5, 0.6) is 5.95 Å². The van der Waals surface area contributed by atoms with Gasteiger partial charge in [0, 0.05) is 6.42 Å². The number of ether oxygens (including phenoxy) is 1. The summed E-state index contributed by atoms with van der Waals surface area (Å²) in [5.41, 5.74) is 2.20. The summed E-state index contributed by atoms with van der Waals surface area (Å²) in [5, 5.41) is 9.02. The van der Waals surface area contributed by atoms with Gasteiger partial charge in [-0.25, -0.2) is 9.78 Å². The highest BCUT2D eigenvalue weighted by molar-refractivity contribution is 5.87. The first-order valence-corrected chi connectivity index (χ1v) is 6.51. The van der Waals surface area contributed by atoms with Gasteiger partial charge in [-0.3, -0.25) is 0 Å². The van der Waals surface area contributed by atoms with Crippen LogP contribution in [-0.4, -0.2) is 22.7 Å². The average Bonchev–Trinajstić information content (AvgIpc) is 2.82. The second-order valence-corrected chi connectivity index (χ2v) is 4.47. The van der Waals surface area contributed by atoms with E-state index in [9.17, 15) is 4.79 Å². The van der Waals surface area contributed by atoms with Gasteiger partial charge in [-0.1, -0.05) is 29.8 Å². The molecule has 20 heavy (non-hydrogen) atoms. The Kier molecular flexibility index (Phi) is 4.40. The van der Waals surface area contributed by atoms with Crippen LogP contribution in [0.4, 0.5) is 0 Å². The normalized spacial score (nSPS) is 10.5. The number of aryl methyl sites for hydroxylation is 3. The van der Waals surface area contributed by atoms with E-state index in [1.807, 2.05) is 31.2 Å². The van der Waals surface area contributed by atoms with Gasteiger partial charge in [-0.2, -0.15) is 0 Å². The summed E-state index contributed by atoms with van der Waals surface area (Å²) in [5.74, 6) is -0.774. The van der Waals surface area contributed by atoms with Crippen LogP contribution in [0.1, 0.15) is 34.4 Å². The predicted molar refractivity (Wildman–Crippen MR) is 73.2 cm³/mol. The van der Waals surface area contributed by atoms with E-state index < -0.39 is 5.97 Å². The highest BCUT2D eigenvalue weighted by Gasteiger charge is 2.20. The third-order valence-electron chi connectivity index (χ3n) is 2.87. The summed E-state index contributed by atoms with van der Waals surface area (Å²) in [6, 6.07) is 8.16. The lowest BCUT2D eigenvalue weighted by Crippen LogP contribution is -2.01. The Morgan fingerprint density at radius 1 is 1.30 bits per heavy atom. The van der Waals surface area contributed by atoms with E-state index in [2.05, 4.69) is 4.98 Å². The largest absolute Gasteiger partial charge is 0.476 e. The fourth-order valence-electron chi connectivity index (χ4n) is 1.83. The fraction of sp³-hybridized carbons (Fsp3) is 0.333. The van der Waals surface area contributed by atoms with E-state index in [0.29, 0.717) is 18.9 Å². The highest BCUT2D eigenvalue weighted by atomic mass is 16.6. The summed E-state index contributed by atoms with van der Waals surface area (Å²) in [6.07, 6.45) is 1.28. The number of carboxylic acid groups (broad SMARTS) is 1. The maximum atomic E-state index is 11.0. The van der Waals surface area contributed by atoms with Gasteiger partial charge in [-0.15, -0.1) is 0 Å². The highest BCUT2D eigenvalue weighted by Crippen LogP contribution is 2.21.